The smallest absolute Gasteiger partial charge is 0.119 e. The van der Waals surface area contributed by atoms with Crippen molar-refractivity contribution in [3.63, 3.8) is 0 Å². The first-order valence-electron chi connectivity index (χ1n) is 5.41. The highest BCUT2D eigenvalue weighted by Gasteiger charge is 2.34. The summed E-state index contributed by atoms with van der Waals surface area (Å²) in [5, 5.41) is 3.41. The highest BCUT2D eigenvalue weighted by atomic mass is 16.5. The van der Waals surface area contributed by atoms with Crippen LogP contribution in [0.25, 0.3) is 0 Å². The Morgan fingerprint density at radius 1 is 1.33 bits per heavy atom. The molecule has 0 radical (unpaired) electrons. The second-order valence-corrected chi connectivity index (χ2v) is 4.10. The van der Waals surface area contributed by atoms with Gasteiger partial charge in [0.15, 0.2) is 0 Å². The molecule has 82 valence electrons. The van der Waals surface area contributed by atoms with E-state index in [0.29, 0.717) is 0 Å². The Bertz CT molecular complexity index is 310. The number of anilines is 1. The Balaban J connectivity index is 1.79. The number of hydrogen-bond acceptors (Lipinski definition) is 3. The lowest BCUT2D eigenvalue weighted by Crippen LogP contribution is -2.09. The zero-order valence-electron chi connectivity index (χ0n) is 9.07. The molecule has 3 heteroatoms. The Labute approximate surface area is 90.6 Å². The normalized spacial score (nSPS) is 23.6. The van der Waals surface area contributed by atoms with Gasteiger partial charge >= 0.3 is 0 Å². The standard InChI is InChI=1S/C12H18N2O/c1-15-12-4-2-11(3-5-12)14-8-10-6-9(10)7-13/h2-5,9-10,14H,6-8,13H2,1H3/t9-,10-/m0/s1. The molecule has 1 fully saturated rings. The molecule has 0 spiro atoms. The number of methoxy groups -OCH3 is 1. The fraction of sp³-hybridized carbons (Fsp3) is 0.500. The first-order chi connectivity index (χ1) is 7.33. The molecule has 0 aromatic heterocycles. The molecular formula is C12H18N2O. The van der Waals surface area contributed by atoms with Crippen LogP contribution in [0, 0.1) is 11.8 Å². The number of benzene rings is 1. The van der Waals surface area contributed by atoms with Crippen molar-refractivity contribution in [2.75, 3.05) is 25.5 Å². The average molecular weight is 206 g/mol. The van der Waals surface area contributed by atoms with Gasteiger partial charge in [-0.1, -0.05) is 0 Å². The third-order valence-electron chi connectivity index (χ3n) is 3.03. The van der Waals surface area contributed by atoms with Crippen LogP contribution in [0.3, 0.4) is 0 Å². The van der Waals surface area contributed by atoms with Crippen LogP contribution in [0.1, 0.15) is 6.42 Å². The number of hydrogen-bond donors (Lipinski definition) is 2. The summed E-state index contributed by atoms with van der Waals surface area (Å²) in [5.74, 6) is 2.42. The number of nitrogens with one attached hydrogen (secondary N) is 1. The molecule has 0 unspecified atom stereocenters. The zero-order valence-corrected chi connectivity index (χ0v) is 9.07. The molecule has 2 rings (SSSR count). The third-order valence-corrected chi connectivity index (χ3v) is 3.03. The van der Waals surface area contributed by atoms with Crippen molar-refractivity contribution in [1.29, 1.82) is 0 Å². The van der Waals surface area contributed by atoms with Crippen molar-refractivity contribution < 1.29 is 4.74 Å². The minimum atomic E-state index is 0.746. The van der Waals surface area contributed by atoms with Gasteiger partial charge in [0.05, 0.1) is 7.11 Å². The molecule has 0 bridgehead atoms. The van der Waals surface area contributed by atoms with Crippen molar-refractivity contribution in [1.82, 2.24) is 0 Å². The van der Waals surface area contributed by atoms with Gasteiger partial charge in [-0.15, -0.1) is 0 Å². The van der Waals surface area contributed by atoms with Crippen molar-refractivity contribution >= 4 is 5.69 Å². The van der Waals surface area contributed by atoms with E-state index in [1.807, 2.05) is 24.3 Å². The van der Waals surface area contributed by atoms with Crippen molar-refractivity contribution in [2.45, 2.75) is 6.42 Å². The minimum Gasteiger partial charge on any atom is -0.497 e. The highest BCUT2D eigenvalue weighted by Crippen LogP contribution is 2.37. The lowest BCUT2D eigenvalue weighted by atomic mass is 10.2. The van der Waals surface area contributed by atoms with Crippen molar-refractivity contribution in [3.05, 3.63) is 24.3 Å². The number of ether oxygens (including phenoxy) is 1. The molecule has 3 nitrogen and oxygen atoms in total. The van der Waals surface area contributed by atoms with Gasteiger partial charge in [-0.3, -0.25) is 0 Å². The van der Waals surface area contributed by atoms with E-state index in [1.54, 1.807) is 7.11 Å². The maximum atomic E-state index is 5.59. The quantitative estimate of drug-likeness (QED) is 0.771. The van der Waals surface area contributed by atoms with Crippen LogP contribution in [0.4, 0.5) is 5.69 Å². The summed E-state index contributed by atoms with van der Waals surface area (Å²) in [6.07, 6.45) is 1.28. The van der Waals surface area contributed by atoms with Gasteiger partial charge in [-0.2, -0.15) is 0 Å². The SMILES string of the molecule is COc1ccc(NC[C@@H]2C[C@H]2CN)cc1. The number of rotatable bonds is 5. The summed E-state index contributed by atoms with van der Waals surface area (Å²) in [6, 6.07) is 8.02. The minimum absolute atomic E-state index is 0.746. The maximum Gasteiger partial charge on any atom is 0.119 e. The van der Waals surface area contributed by atoms with Gasteiger partial charge < -0.3 is 15.8 Å². The third kappa shape index (κ3) is 2.63. The Morgan fingerprint density at radius 2 is 2.07 bits per heavy atom. The molecule has 0 heterocycles. The van der Waals surface area contributed by atoms with E-state index in [4.69, 9.17) is 10.5 Å². The summed E-state index contributed by atoms with van der Waals surface area (Å²) in [6.45, 7) is 1.86. The first-order valence-corrected chi connectivity index (χ1v) is 5.41. The van der Waals surface area contributed by atoms with E-state index in [-0.39, 0.29) is 0 Å². The van der Waals surface area contributed by atoms with Crippen molar-refractivity contribution in [3.8, 4) is 5.75 Å². The van der Waals surface area contributed by atoms with Crippen molar-refractivity contribution in [2.24, 2.45) is 17.6 Å². The van der Waals surface area contributed by atoms with Crippen LogP contribution in [0.15, 0.2) is 24.3 Å². The molecule has 1 aromatic rings. The van der Waals surface area contributed by atoms with Gasteiger partial charge in [0.25, 0.3) is 0 Å². The van der Waals surface area contributed by atoms with Gasteiger partial charge in [-0.05, 0) is 49.1 Å². The van der Waals surface area contributed by atoms with Gasteiger partial charge in [0, 0.05) is 12.2 Å². The van der Waals surface area contributed by atoms with Crippen LogP contribution >= 0.6 is 0 Å². The summed E-state index contributed by atoms with van der Waals surface area (Å²) < 4.78 is 5.10. The topological polar surface area (TPSA) is 47.3 Å². The van der Waals surface area contributed by atoms with Gasteiger partial charge in [0.1, 0.15) is 5.75 Å². The van der Waals surface area contributed by atoms with Crippen LogP contribution in [0.2, 0.25) is 0 Å². The van der Waals surface area contributed by atoms with Crippen LogP contribution in [-0.2, 0) is 0 Å². The molecule has 15 heavy (non-hydrogen) atoms. The molecule has 0 aliphatic heterocycles. The summed E-state index contributed by atoms with van der Waals surface area (Å²) in [5.41, 5.74) is 6.74. The molecule has 0 saturated heterocycles. The van der Waals surface area contributed by atoms with Crippen LogP contribution < -0.4 is 15.8 Å². The largest absolute Gasteiger partial charge is 0.497 e. The monoisotopic (exact) mass is 206 g/mol. The Kier molecular flexibility index (Phi) is 3.11. The molecule has 3 N–H and O–H groups in total. The fourth-order valence-corrected chi connectivity index (χ4v) is 1.81. The molecule has 1 aliphatic carbocycles. The van der Waals surface area contributed by atoms with E-state index in [2.05, 4.69) is 5.32 Å². The van der Waals surface area contributed by atoms with Crippen LogP contribution in [-0.4, -0.2) is 20.2 Å². The van der Waals surface area contributed by atoms with E-state index >= 15 is 0 Å². The maximum absolute atomic E-state index is 5.59. The Hall–Kier alpha value is -1.22. The fourth-order valence-electron chi connectivity index (χ4n) is 1.81. The molecule has 2 atom stereocenters. The summed E-state index contributed by atoms with van der Waals surface area (Å²) in [4.78, 5) is 0. The van der Waals surface area contributed by atoms with Gasteiger partial charge in [0.2, 0.25) is 0 Å². The lowest BCUT2D eigenvalue weighted by Gasteiger charge is -2.06. The van der Waals surface area contributed by atoms with E-state index in [9.17, 15) is 0 Å². The predicted molar refractivity (Wildman–Crippen MR) is 62.1 cm³/mol. The zero-order chi connectivity index (χ0) is 10.7. The van der Waals surface area contributed by atoms with E-state index in [1.165, 1.54) is 6.42 Å². The predicted octanol–water partition coefficient (Wildman–Crippen LogP) is 1.70. The van der Waals surface area contributed by atoms with Gasteiger partial charge in [-0.25, -0.2) is 0 Å². The average Bonchev–Trinajstić information content (AvgIpc) is 3.06. The summed E-state index contributed by atoms with van der Waals surface area (Å²) in [7, 11) is 1.68. The molecular weight excluding hydrogens is 188 g/mol. The van der Waals surface area contributed by atoms with E-state index < -0.39 is 0 Å². The highest BCUT2D eigenvalue weighted by molar-refractivity contribution is 5.46. The second kappa shape index (κ2) is 4.53. The first kappa shape index (κ1) is 10.3. The Morgan fingerprint density at radius 3 is 2.60 bits per heavy atom. The molecule has 1 aliphatic rings. The molecule has 1 saturated carbocycles. The number of nitrogens with two attached hydrogens (primary N) is 1. The molecule has 1 aromatic carbocycles. The van der Waals surface area contributed by atoms with E-state index in [0.717, 1.165) is 36.4 Å². The summed E-state index contributed by atoms with van der Waals surface area (Å²) >= 11 is 0. The van der Waals surface area contributed by atoms with Crippen LogP contribution in [0.5, 0.6) is 5.75 Å². The second-order valence-electron chi connectivity index (χ2n) is 4.10. The molecule has 0 amide bonds. The lowest BCUT2D eigenvalue weighted by molar-refractivity contribution is 0.415.